The van der Waals surface area contributed by atoms with E-state index in [0.29, 0.717) is 0 Å². The molecule has 0 aromatic heterocycles. The summed E-state index contributed by atoms with van der Waals surface area (Å²) in [7, 11) is 0. The largest absolute Gasteiger partial charge is 0.478 e. The van der Waals surface area contributed by atoms with Gasteiger partial charge in [0.25, 0.3) is 0 Å². The first-order valence-corrected chi connectivity index (χ1v) is 11.3. The fourth-order valence-corrected chi connectivity index (χ4v) is 3.17. The van der Waals surface area contributed by atoms with Crippen LogP contribution in [0.4, 0.5) is 0 Å². The Bertz CT molecular complexity index is 880. The first-order valence-electron chi connectivity index (χ1n) is 11.3. The summed E-state index contributed by atoms with van der Waals surface area (Å²) >= 11 is 0. The van der Waals surface area contributed by atoms with Crippen molar-refractivity contribution in [2.45, 2.75) is 73.1 Å². The summed E-state index contributed by atoms with van der Waals surface area (Å²) in [5.74, 6) is -1.76. The molecule has 1 aromatic rings. The Morgan fingerprint density at radius 2 is 1.22 bits per heavy atom. The van der Waals surface area contributed by atoms with E-state index in [2.05, 4.69) is 45.9 Å². The zero-order valence-corrected chi connectivity index (χ0v) is 20.2. The summed E-state index contributed by atoms with van der Waals surface area (Å²) in [6.45, 7) is 10.8. The molecule has 0 bridgehead atoms. The van der Waals surface area contributed by atoms with Crippen molar-refractivity contribution in [3.63, 3.8) is 0 Å². The molecule has 0 atom stereocenters. The van der Waals surface area contributed by atoms with Crippen LogP contribution in [0.3, 0.4) is 0 Å². The van der Waals surface area contributed by atoms with Gasteiger partial charge in [0, 0.05) is 0 Å². The molecule has 0 unspecified atom stereocenters. The van der Waals surface area contributed by atoms with Gasteiger partial charge in [0.1, 0.15) is 6.61 Å². The molecule has 0 heterocycles. The highest BCUT2D eigenvalue weighted by Gasteiger charge is 2.16. The standard InChI is InChI=1S/C28H38O4/c1-21(2)11-8-12-22(3)13-9-14-23(4)15-10-16-24(5)19-20-32-28(31)26-18-7-6-17-25(26)27(29)30/h6-7,11,13,15,17-19H,8-10,12,14,16,20H2,1-5H3,(H,29,30). The van der Waals surface area contributed by atoms with Crippen molar-refractivity contribution in [3.8, 4) is 0 Å². The minimum Gasteiger partial charge on any atom is -0.478 e. The van der Waals surface area contributed by atoms with Crippen LogP contribution in [0.15, 0.2) is 70.9 Å². The van der Waals surface area contributed by atoms with Gasteiger partial charge >= 0.3 is 11.9 Å². The highest BCUT2D eigenvalue weighted by atomic mass is 16.5. The summed E-state index contributed by atoms with van der Waals surface area (Å²) in [4.78, 5) is 23.4. The highest BCUT2D eigenvalue weighted by molar-refractivity contribution is 6.02. The predicted molar refractivity (Wildman–Crippen MR) is 132 cm³/mol. The van der Waals surface area contributed by atoms with Crippen molar-refractivity contribution in [2.24, 2.45) is 0 Å². The van der Waals surface area contributed by atoms with Crippen molar-refractivity contribution in [1.82, 2.24) is 0 Å². The van der Waals surface area contributed by atoms with Crippen LogP contribution in [0, 0.1) is 0 Å². The number of ether oxygens (including phenoxy) is 1. The Balaban J connectivity index is 2.36. The Morgan fingerprint density at radius 1 is 0.750 bits per heavy atom. The normalized spacial score (nSPS) is 12.5. The molecule has 0 aliphatic carbocycles. The van der Waals surface area contributed by atoms with Crippen LogP contribution in [0.2, 0.25) is 0 Å². The van der Waals surface area contributed by atoms with Crippen LogP contribution >= 0.6 is 0 Å². The Morgan fingerprint density at radius 3 is 1.72 bits per heavy atom. The molecule has 1 rings (SSSR count). The molecular formula is C28H38O4. The zero-order chi connectivity index (χ0) is 23.9. The minimum atomic E-state index is -1.14. The molecule has 0 aliphatic heterocycles. The van der Waals surface area contributed by atoms with E-state index in [1.54, 1.807) is 12.1 Å². The third-order valence-corrected chi connectivity index (χ3v) is 5.18. The Kier molecular flexibility index (Phi) is 12.7. The molecule has 32 heavy (non-hydrogen) atoms. The minimum absolute atomic E-state index is 0.0447. The van der Waals surface area contributed by atoms with Crippen molar-refractivity contribution >= 4 is 11.9 Å². The van der Waals surface area contributed by atoms with Gasteiger partial charge < -0.3 is 9.84 Å². The molecule has 0 radical (unpaired) electrons. The maximum atomic E-state index is 12.2. The van der Waals surface area contributed by atoms with Crippen molar-refractivity contribution in [2.75, 3.05) is 6.61 Å². The first kappa shape index (κ1) is 27.2. The number of allylic oxidation sites excluding steroid dienone is 7. The monoisotopic (exact) mass is 438 g/mol. The van der Waals surface area contributed by atoms with Crippen LogP contribution in [0.5, 0.6) is 0 Å². The van der Waals surface area contributed by atoms with Gasteiger partial charge in [0.2, 0.25) is 0 Å². The smallest absolute Gasteiger partial charge is 0.339 e. The van der Waals surface area contributed by atoms with Gasteiger partial charge in [0.05, 0.1) is 11.1 Å². The molecule has 0 amide bonds. The lowest BCUT2D eigenvalue weighted by molar-refractivity contribution is 0.0535. The first-order chi connectivity index (χ1) is 15.2. The van der Waals surface area contributed by atoms with Gasteiger partial charge in [-0.1, -0.05) is 52.7 Å². The molecule has 0 saturated carbocycles. The average molecular weight is 439 g/mol. The highest BCUT2D eigenvalue weighted by Crippen LogP contribution is 2.14. The maximum absolute atomic E-state index is 12.2. The molecule has 1 aromatic carbocycles. The van der Waals surface area contributed by atoms with Gasteiger partial charge in [-0.3, -0.25) is 0 Å². The second-order valence-corrected chi connectivity index (χ2v) is 8.50. The van der Waals surface area contributed by atoms with Crippen LogP contribution in [0.1, 0.15) is 93.9 Å². The van der Waals surface area contributed by atoms with Crippen LogP contribution < -0.4 is 0 Å². The lowest BCUT2D eigenvalue weighted by Crippen LogP contribution is -2.11. The van der Waals surface area contributed by atoms with Gasteiger partial charge in [-0.2, -0.15) is 0 Å². The fourth-order valence-electron chi connectivity index (χ4n) is 3.17. The molecule has 4 heteroatoms. The molecule has 174 valence electrons. The number of rotatable bonds is 13. The number of hydrogen-bond acceptors (Lipinski definition) is 3. The van der Waals surface area contributed by atoms with Gasteiger partial charge in [0.15, 0.2) is 0 Å². The van der Waals surface area contributed by atoms with E-state index < -0.39 is 11.9 Å². The molecule has 4 nitrogen and oxygen atoms in total. The van der Waals surface area contributed by atoms with E-state index in [1.165, 1.54) is 28.9 Å². The second-order valence-electron chi connectivity index (χ2n) is 8.50. The van der Waals surface area contributed by atoms with Gasteiger partial charge in [-0.15, -0.1) is 0 Å². The Hall–Kier alpha value is -2.88. The van der Waals surface area contributed by atoms with E-state index >= 15 is 0 Å². The van der Waals surface area contributed by atoms with Crippen LogP contribution in [-0.2, 0) is 4.74 Å². The number of carboxylic acid groups (broad SMARTS) is 1. The van der Waals surface area contributed by atoms with E-state index in [0.717, 1.165) is 44.1 Å². The molecule has 0 fully saturated rings. The van der Waals surface area contributed by atoms with E-state index in [4.69, 9.17) is 4.74 Å². The number of aromatic carboxylic acids is 1. The van der Waals surface area contributed by atoms with E-state index in [-0.39, 0.29) is 17.7 Å². The fraction of sp³-hybridized carbons (Fsp3) is 0.429. The van der Waals surface area contributed by atoms with Crippen molar-refractivity contribution in [3.05, 3.63) is 82.0 Å². The Labute approximate surface area is 193 Å². The number of esters is 1. The molecule has 1 N–H and O–H groups in total. The molecular weight excluding hydrogens is 400 g/mol. The lowest BCUT2D eigenvalue weighted by Gasteiger charge is -2.06. The average Bonchev–Trinajstić information content (AvgIpc) is 2.73. The summed E-state index contributed by atoms with van der Waals surface area (Å²) in [5, 5.41) is 9.17. The molecule has 0 aliphatic rings. The second kappa shape index (κ2) is 15.0. The summed E-state index contributed by atoms with van der Waals surface area (Å²) in [6.07, 6.45) is 15.0. The summed E-state index contributed by atoms with van der Waals surface area (Å²) < 4.78 is 5.23. The quantitative estimate of drug-likeness (QED) is 0.253. The number of carbonyl (C=O) groups excluding carboxylic acids is 1. The van der Waals surface area contributed by atoms with Crippen LogP contribution in [0.25, 0.3) is 0 Å². The van der Waals surface area contributed by atoms with Gasteiger partial charge in [-0.25, -0.2) is 9.59 Å². The van der Waals surface area contributed by atoms with Gasteiger partial charge in [-0.05, 0) is 91.4 Å². The number of hydrogen-bond donors (Lipinski definition) is 1. The number of carbonyl (C=O) groups is 2. The SMILES string of the molecule is CC(C)=CCCC(C)=CCCC(C)=CCCC(C)=CCOC(=O)c1ccccc1C(=O)O. The summed E-state index contributed by atoms with van der Waals surface area (Å²) in [5.41, 5.74) is 5.39. The van der Waals surface area contributed by atoms with E-state index in [1.807, 2.05) is 13.0 Å². The number of carboxylic acids is 1. The third-order valence-electron chi connectivity index (χ3n) is 5.18. The van der Waals surface area contributed by atoms with Crippen molar-refractivity contribution in [1.29, 1.82) is 0 Å². The topological polar surface area (TPSA) is 63.6 Å². The zero-order valence-electron chi connectivity index (χ0n) is 20.2. The van der Waals surface area contributed by atoms with Crippen molar-refractivity contribution < 1.29 is 19.4 Å². The predicted octanol–water partition coefficient (Wildman–Crippen LogP) is 7.69. The third kappa shape index (κ3) is 11.5. The summed E-state index contributed by atoms with van der Waals surface area (Å²) in [6, 6.07) is 6.08. The van der Waals surface area contributed by atoms with Crippen LogP contribution in [-0.4, -0.2) is 23.7 Å². The number of benzene rings is 1. The lowest BCUT2D eigenvalue weighted by atomic mass is 10.0. The molecule has 0 saturated heterocycles. The molecule has 0 spiro atoms. The maximum Gasteiger partial charge on any atom is 0.339 e. The van der Waals surface area contributed by atoms with E-state index in [9.17, 15) is 14.7 Å².